The molecule has 0 fully saturated rings. The summed E-state index contributed by atoms with van der Waals surface area (Å²) in [7, 11) is 3.14. The van der Waals surface area contributed by atoms with Gasteiger partial charge in [-0.2, -0.15) is 59.4 Å². The van der Waals surface area contributed by atoms with Gasteiger partial charge in [-0.15, -0.1) is 34.0 Å². The van der Waals surface area contributed by atoms with Crippen LogP contribution in [0, 0.1) is 0 Å². The van der Waals surface area contributed by atoms with E-state index in [0.717, 1.165) is 67.3 Å². The van der Waals surface area contributed by atoms with Gasteiger partial charge in [-0.05, 0) is 71.8 Å². The molecule has 0 unspecified atom stereocenters. The van der Waals surface area contributed by atoms with Crippen LogP contribution in [0.25, 0.3) is 32.5 Å². The third-order valence-corrected chi connectivity index (χ3v) is 13.5. The topological polar surface area (TPSA) is 212 Å². The maximum atomic E-state index is 13.0. The Morgan fingerprint density at radius 3 is 1.24 bits per heavy atom. The SMILES string of the molecule is C.C.COc1ccc(COc2cc(Cl)nc(-c3nc(C(F)(F)F)cs3)n2)cc1.COc1ccc(COc2cc(Oc3ccccc3)nc(-c3nc(C(F)(F)F)cs3)n2)cc1.O=c1cc(Oc2ccccc2)nc(-c2nc(C(F)(F)F)cs2)[nH]1.Oc1ccccc1.[H-].[Na+]. The van der Waals surface area contributed by atoms with Gasteiger partial charge in [0.2, 0.25) is 23.5 Å². The van der Waals surface area contributed by atoms with Crippen LogP contribution in [-0.2, 0) is 31.7 Å². The number of aromatic amines is 1. The van der Waals surface area contributed by atoms with Crippen LogP contribution in [0.3, 0.4) is 0 Å². The molecule has 6 heterocycles. The molecule has 0 bridgehead atoms. The normalized spacial score (nSPS) is 10.8. The Bertz CT molecular complexity index is 4070. The number of nitrogens with one attached hydrogen (secondary N) is 1. The molecule has 0 saturated heterocycles. The Kier molecular flexibility index (Phi) is 27.2. The van der Waals surface area contributed by atoms with Crippen molar-refractivity contribution in [1.82, 2.24) is 44.9 Å². The first-order valence-corrected chi connectivity index (χ1v) is 27.9. The van der Waals surface area contributed by atoms with Crippen LogP contribution in [0.4, 0.5) is 39.5 Å². The van der Waals surface area contributed by atoms with E-state index in [9.17, 15) is 44.3 Å². The summed E-state index contributed by atoms with van der Waals surface area (Å²) in [5.41, 5.74) is -1.88. The summed E-state index contributed by atoms with van der Waals surface area (Å²) < 4.78 is 147. The van der Waals surface area contributed by atoms with Gasteiger partial charge in [0, 0.05) is 22.2 Å². The summed E-state index contributed by atoms with van der Waals surface area (Å²) in [5.74, 6) is 2.94. The van der Waals surface area contributed by atoms with E-state index >= 15 is 0 Å². The van der Waals surface area contributed by atoms with Crippen LogP contribution in [-0.4, -0.2) is 64.2 Å². The molecule has 0 aliphatic rings. The van der Waals surface area contributed by atoms with Crippen LogP contribution < -0.4 is 63.5 Å². The number of hydrogen-bond donors (Lipinski definition) is 2. The van der Waals surface area contributed by atoms with E-state index in [-0.39, 0.29) is 120 Å². The molecule has 31 heteroatoms. The number of nitrogens with zero attached hydrogens (tertiary/aromatic N) is 8. The van der Waals surface area contributed by atoms with Crippen LogP contribution >= 0.6 is 45.6 Å². The van der Waals surface area contributed by atoms with Crippen molar-refractivity contribution in [3.05, 3.63) is 218 Å². The van der Waals surface area contributed by atoms with Crippen molar-refractivity contribution in [1.29, 1.82) is 0 Å². The van der Waals surface area contributed by atoms with Crippen molar-refractivity contribution >= 4 is 45.6 Å². The first-order valence-electron chi connectivity index (χ1n) is 24.9. The molecule has 11 rings (SSSR count). The number of phenolic OH excluding ortho intramolecular Hbond substituents is 1. The fourth-order valence-electron chi connectivity index (χ4n) is 6.71. The minimum atomic E-state index is -4.55. The number of para-hydroxylation sites is 3. The van der Waals surface area contributed by atoms with Crippen LogP contribution in [0.2, 0.25) is 5.15 Å². The molecule has 0 atom stereocenters. The number of H-pyrrole nitrogens is 1. The van der Waals surface area contributed by atoms with Crippen molar-refractivity contribution < 1.29 is 104 Å². The van der Waals surface area contributed by atoms with Gasteiger partial charge < -0.3 is 39.9 Å². The summed E-state index contributed by atoms with van der Waals surface area (Å²) >= 11 is 8.23. The zero-order valence-corrected chi connectivity index (χ0v) is 51.2. The minimum Gasteiger partial charge on any atom is -1.00 e. The average Bonchev–Trinajstić information content (AvgIpc) is 1.67. The summed E-state index contributed by atoms with van der Waals surface area (Å²) in [4.78, 5) is 45.0. The predicted octanol–water partition coefficient (Wildman–Crippen LogP) is 14.3. The number of halogens is 10. The number of rotatable bonds is 15. The second kappa shape index (κ2) is 33.9. The fourth-order valence-corrected chi connectivity index (χ4v) is 9.17. The van der Waals surface area contributed by atoms with Gasteiger partial charge in [0.25, 0.3) is 5.56 Å². The number of thiazole rings is 3. The second-order valence-corrected chi connectivity index (χ2v) is 20.2. The molecule has 91 heavy (non-hydrogen) atoms. The van der Waals surface area contributed by atoms with E-state index in [0.29, 0.717) is 28.7 Å². The number of methoxy groups -OCH3 is 2. The molecule has 0 aliphatic heterocycles. The quantitative estimate of drug-likeness (QED) is 0.0555. The third kappa shape index (κ3) is 22.6. The number of aromatic hydroxyl groups is 1. The number of aromatic nitrogens is 9. The first-order chi connectivity index (χ1) is 42.1. The van der Waals surface area contributed by atoms with Crippen molar-refractivity contribution in [2.75, 3.05) is 14.2 Å². The molecule has 17 nitrogen and oxygen atoms in total. The summed E-state index contributed by atoms with van der Waals surface area (Å²) in [6, 6.07) is 44.6. The van der Waals surface area contributed by atoms with Gasteiger partial charge in [-0.1, -0.05) is 105 Å². The van der Waals surface area contributed by atoms with Gasteiger partial charge in [0.1, 0.15) is 47.1 Å². The standard InChI is InChI=1S/C22H16F3N3O3S.C16H11ClF3N3O2S.C14H8F3N3O2S.C6H6O.2CH4.Na.H/c1-29-15-9-7-14(8-10-15)12-30-18-11-19(31-16-5-3-2-4-6-16)28-20(27-18)21-26-17(13-32-21)22(23,24)25;1-24-10-4-2-9(3-5-10)7-25-13-6-12(17)22-14(23-13)15-21-11(8-26-15)16(18,19)20;15-14(16,17)9-7-23-13(18-9)12-19-10(21)6-11(20-12)22-8-4-2-1-3-5-8;7-6-4-2-1-3-5-6;;;;/h2-11,13H,12H2,1H3;2-6,8H,7H2,1H3;1-7H,(H,19,20,21);1-5,7H;2*1H4;;/q;;;;;;+1;-1. The largest absolute Gasteiger partial charge is 1.00 e. The molecule has 0 aliphatic carbocycles. The Hall–Kier alpha value is -8.71. The van der Waals surface area contributed by atoms with Gasteiger partial charge >= 0.3 is 48.1 Å². The van der Waals surface area contributed by atoms with Crippen molar-refractivity contribution in [2.45, 2.75) is 46.6 Å². The zero-order valence-electron chi connectivity index (χ0n) is 47.0. The average molecular weight is 1350 g/mol. The molecule has 0 spiro atoms. The first kappa shape index (κ1) is 73.0. The number of benzene rings is 5. The number of hydrogen-bond acceptors (Lipinski definition) is 19. The van der Waals surface area contributed by atoms with Gasteiger partial charge in [-0.3, -0.25) is 4.79 Å². The molecule has 11 aromatic rings. The molecule has 0 saturated carbocycles. The van der Waals surface area contributed by atoms with Gasteiger partial charge in [0.15, 0.2) is 49.6 Å². The third-order valence-electron chi connectivity index (χ3n) is 10.8. The molecule has 0 amide bonds. The van der Waals surface area contributed by atoms with Crippen LogP contribution in [0.1, 0.15) is 44.5 Å². The number of alkyl halides is 9. The smallest absolute Gasteiger partial charge is 1.00 e. The minimum absolute atomic E-state index is 0. The van der Waals surface area contributed by atoms with E-state index in [1.165, 1.54) is 12.1 Å². The van der Waals surface area contributed by atoms with E-state index < -0.39 is 41.2 Å². The molecule has 0 radical (unpaired) electrons. The zero-order chi connectivity index (χ0) is 62.8. The Balaban J connectivity index is 0.000000276. The number of phenols is 1. The van der Waals surface area contributed by atoms with Crippen molar-refractivity contribution in [2.24, 2.45) is 0 Å². The molecule has 5 aromatic carbocycles. The number of ether oxygens (including phenoxy) is 6. The van der Waals surface area contributed by atoms with Crippen molar-refractivity contribution in [3.63, 3.8) is 0 Å². The Morgan fingerprint density at radius 2 is 0.846 bits per heavy atom. The monoisotopic (exact) mass is 1350 g/mol. The van der Waals surface area contributed by atoms with E-state index in [1.807, 2.05) is 36.4 Å². The fraction of sp³-hybridized carbons (Fsp3) is 0.150. The predicted molar refractivity (Wildman–Crippen MR) is 323 cm³/mol. The van der Waals surface area contributed by atoms with E-state index in [1.54, 1.807) is 117 Å². The maximum absolute atomic E-state index is 13.0. The summed E-state index contributed by atoms with van der Waals surface area (Å²) in [5, 5.41) is 11.3. The van der Waals surface area contributed by atoms with Crippen LogP contribution in [0.5, 0.6) is 52.3 Å². The molecule has 6 aromatic heterocycles. The molecule has 472 valence electrons. The van der Waals surface area contributed by atoms with E-state index in [2.05, 4.69) is 44.9 Å². The summed E-state index contributed by atoms with van der Waals surface area (Å²) in [6.45, 7) is 0.374. The van der Waals surface area contributed by atoms with E-state index in [4.69, 9.17) is 45.1 Å². The van der Waals surface area contributed by atoms with Gasteiger partial charge in [-0.25, -0.2) is 19.9 Å². The molecular formula is C60H50ClF9N9NaO8S3. The second-order valence-electron chi connectivity index (χ2n) is 17.2. The van der Waals surface area contributed by atoms with Crippen molar-refractivity contribution in [3.8, 4) is 84.8 Å². The van der Waals surface area contributed by atoms with Crippen LogP contribution in [0.15, 0.2) is 179 Å². The maximum Gasteiger partial charge on any atom is 1.00 e. The molecular weight excluding hydrogens is 1300 g/mol. The van der Waals surface area contributed by atoms with Gasteiger partial charge in [0.05, 0.1) is 26.4 Å². The molecule has 2 N–H and O–H groups in total. The summed E-state index contributed by atoms with van der Waals surface area (Å²) in [6.07, 6.45) is -13.6. The Labute approximate surface area is 554 Å². The Morgan fingerprint density at radius 1 is 0.473 bits per heavy atom.